The van der Waals surface area contributed by atoms with Crippen LogP contribution in [0.3, 0.4) is 0 Å². The molecular weight excluding hydrogens is 439 g/mol. The number of nitrogens with zero attached hydrogens (tertiary/aromatic N) is 2. The Kier molecular flexibility index (Phi) is 6.63. The Bertz CT molecular complexity index is 995. The lowest BCUT2D eigenvalue weighted by atomic mass is 9.93. The van der Waals surface area contributed by atoms with E-state index >= 15 is 0 Å². The van der Waals surface area contributed by atoms with Crippen molar-refractivity contribution in [3.8, 4) is 11.6 Å². The monoisotopic (exact) mass is 468 g/mol. The lowest BCUT2D eigenvalue weighted by Crippen LogP contribution is -2.67. The Morgan fingerprint density at radius 3 is 2.55 bits per heavy atom. The first kappa shape index (κ1) is 23.9. The predicted octanol–water partition coefficient (Wildman–Crippen LogP) is 0.154. The zero-order chi connectivity index (χ0) is 23.9. The van der Waals surface area contributed by atoms with Gasteiger partial charge in [-0.1, -0.05) is 6.07 Å². The van der Waals surface area contributed by atoms with Crippen LogP contribution in [0.25, 0.3) is 0 Å². The fourth-order valence-electron chi connectivity index (χ4n) is 4.13. The molecule has 0 amide bonds. The first-order chi connectivity index (χ1) is 15.7. The van der Waals surface area contributed by atoms with Gasteiger partial charge in [-0.25, -0.2) is 4.39 Å². The Labute approximate surface area is 189 Å². The second-order valence-electron chi connectivity index (χ2n) is 8.53. The number of hydrogen-bond donors (Lipinski definition) is 5. The second kappa shape index (κ2) is 9.16. The molecule has 1 saturated carbocycles. The molecule has 1 aromatic carbocycles. The van der Waals surface area contributed by atoms with E-state index < -0.39 is 42.8 Å². The largest absolute Gasteiger partial charge is 0.497 e. The van der Waals surface area contributed by atoms with Gasteiger partial charge in [0.2, 0.25) is 5.88 Å². The summed E-state index contributed by atoms with van der Waals surface area (Å²) in [5.74, 6) is -3.05. The van der Waals surface area contributed by atoms with E-state index in [1.165, 1.54) is 13.2 Å². The minimum absolute atomic E-state index is 0.0600. The summed E-state index contributed by atoms with van der Waals surface area (Å²) in [5.41, 5.74) is 1.48. The molecule has 0 bridgehead atoms. The molecule has 0 radical (unpaired) electrons. The number of benzene rings is 1. The third-order valence-corrected chi connectivity index (χ3v) is 6.46. The number of halogens is 1. The maximum absolute atomic E-state index is 14.7. The Morgan fingerprint density at radius 2 is 1.97 bits per heavy atom. The summed E-state index contributed by atoms with van der Waals surface area (Å²) < 4.78 is 32.3. The highest BCUT2D eigenvalue weighted by molar-refractivity contribution is 5.39. The Balaban J connectivity index is 1.70. The number of hydrogen-bond acceptors (Lipinski definition) is 9. The van der Waals surface area contributed by atoms with Crippen LogP contribution >= 0.6 is 0 Å². The summed E-state index contributed by atoms with van der Waals surface area (Å²) in [6.07, 6.45) is -4.06. The molecule has 0 unspecified atom stereocenters. The van der Waals surface area contributed by atoms with Crippen LogP contribution in [-0.4, -0.2) is 79.4 Å². The molecule has 1 aromatic heterocycles. The van der Waals surface area contributed by atoms with E-state index in [1.54, 1.807) is 23.7 Å². The summed E-state index contributed by atoms with van der Waals surface area (Å²) in [4.78, 5) is 0. The summed E-state index contributed by atoms with van der Waals surface area (Å²) in [5, 5.41) is 55.2. The van der Waals surface area contributed by atoms with Crippen LogP contribution < -0.4 is 9.47 Å². The van der Waals surface area contributed by atoms with Crippen molar-refractivity contribution >= 4 is 0 Å². The highest BCUT2D eigenvalue weighted by Gasteiger charge is 2.55. The van der Waals surface area contributed by atoms with Crippen LogP contribution in [0.1, 0.15) is 42.1 Å². The molecule has 2 fully saturated rings. The van der Waals surface area contributed by atoms with Gasteiger partial charge >= 0.3 is 5.97 Å². The van der Waals surface area contributed by atoms with Crippen LogP contribution in [0, 0.1) is 12.7 Å². The fourth-order valence-corrected chi connectivity index (χ4v) is 4.13. The van der Waals surface area contributed by atoms with Gasteiger partial charge in [0.1, 0.15) is 29.9 Å². The van der Waals surface area contributed by atoms with E-state index in [1.807, 2.05) is 0 Å². The molecule has 4 rings (SSSR count). The van der Waals surface area contributed by atoms with Crippen LogP contribution in [0.4, 0.5) is 4.39 Å². The zero-order valence-corrected chi connectivity index (χ0v) is 18.4. The molecule has 2 aromatic rings. The van der Waals surface area contributed by atoms with E-state index in [0.29, 0.717) is 22.6 Å². The van der Waals surface area contributed by atoms with Gasteiger partial charge in [-0.15, -0.1) is 5.10 Å². The summed E-state index contributed by atoms with van der Waals surface area (Å²) in [7, 11) is 1.44. The number of rotatable bonds is 7. The van der Waals surface area contributed by atoms with Crippen molar-refractivity contribution < 1.29 is 44.1 Å². The van der Waals surface area contributed by atoms with Gasteiger partial charge in [0, 0.05) is 23.7 Å². The molecule has 10 nitrogen and oxygen atoms in total. The topological polar surface area (TPSA) is 147 Å². The highest BCUT2D eigenvalue weighted by Crippen LogP contribution is 2.38. The van der Waals surface area contributed by atoms with Gasteiger partial charge in [0.15, 0.2) is 6.10 Å². The molecule has 5 N–H and O–H groups in total. The van der Waals surface area contributed by atoms with E-state index in [4.69, 9.17) is 14.2 Å². The molecule has 1 aliphatic heterocycles. The van der Waals surface area contributed by atoms with Crippen molar-refractivity contribution in [2.24, 2.45) is 0 Å². The lowest BCUT2D eigenvalue weighted by molar-refractivity contribution is -0.423. The van der Waals surface area contributed by atoms with Crippen LogP contribution in [0.15, 0.2) is 18.2 Å². The molecule has 33 heavy (non-hydrogen) atoms. The van der Waals surface area contributed by atoms with Crippen molar-refractivity contribution in [3.05, 3.63) is 40.8 Å². The van der Waals surface area contributed by atoms with E-state index in [0.717, 1.165) is 19.3 Å². The van der Waals surface area contributed by atoms with Crippen LogP contribution in [-0.2, 0) is 11.2 Å². The quantitative estimate of drug-likeness (QED) is 0.358. The average Bonchev–Trinajstić information content (AvgIpc) is 3.04. The molecule has 11 heteroatoms. The van der Waals surface area contributed by atoms with Gasteiger partial charge in [-0.2, -0.15) is 0 Å². The van der Waals surface area contributed by atoms with Gasteiger partial charge < -0.3 is 39.7 Å². The van der Waals surface area contributed by atoms with E-state index in [-0.39, 0.29) is 18.3 Å². The number of aliphatic hydroxyl groups excluding tert-OH is 4. The fraction of sp³-hybridized carbons (Fsp3) is 0.591. The molecule has 1 saturated heterocycles. The third-order valence-electron chi connectivity index (χ3n) is 6.46. The summed E-state index contributed by atoms with van der Waals surface area (Å²) in [6.45, 7) is 1.06. The second-order valence-corrected chi connectivity index (χ2v) is 8.53. The lowest BCUT2D eigenvalue weighted by Gasteiger charge is -2.43. The SMILES string of the molecule is COc1ccc(Cc2c(O[C@]3(O)O[C@H](CO)[C@@H](O)[C@H](O)[C@H]3O)nn(C3CCC3)c2C)c(F)c1. The average molecular weight is 468 g/mol. The van der Waals surface area contributed by atoms with Gasteiger partial charge in [0.25, 0.3) is 0 Å². The van der Waals surface area contributed by atoms with Crippen molar-refractivity contribution in [1.82, 2.24) is 9.78 Å². The number of methoxy groups -OCH3 is 1. The van der Waals surface area contributed by atoms with Gasteiger partial charge in [0.05, 0.1) is 19.8 Å². The molecule has 2 heterocycles. The first-order valence-corrected chi connectivity index (χ1v) is 10.8. The zero-order valence-electron chi connectivity index (χ0n) is 18.4. The summed E-state index contributed by atoms with van der Waals surface area (Å²) in [6, 6.07) is 4.56. The van der Waals surface area contributed by atoms with Crippen molar-refractivity contribution in [1.29, 1.82) is 0 Å². The maximum Gasteiger partial charge on any atom is 0.356 e. The maximum atomic E-state index is 14.7. The van der Waals surface area contributed by atoms with Crippen molar-refractivity contribution in [2.75, 3.05) is 13.7 Å². The Hall–Kier alpha value is -2.28. The molecular formula is C22H29FN2O8. The van der Waals surface area contributed by atoms with Crippen molar-refractivity contribution in [3.63, 3.8) is 0 Å². The molecule has 182 valence electrons. The van der Waals surface area contributed by atoms with Crippen molar-refractivity contribution in [2.45, 2.75) is 69.0 Å². The first-order valence-electron chi connectivity index (χ1n) is 10.8. The Morgan fingerprint density at radius 1 is 1.24 bits per heavy atom. The van der Waals surface area contributed by atoms with E-state index in [2.05, 4.69) is 5.10 Å². The molecule has 0 spiro atoms. The predicted molar refractivity (Wildman–Crippen MR) is 111 cm³/mol. The van der Waals surface area contributed by atoms with Gasteiger partial charge in [-0.3, -0.25) is 4.68 Å². The minimum Gasteiger partial charge on any atom is -0.497 e. The normalized spacial score (nSPS) is 30.2. The van der Waals surface area contributed by atoms with Crippen LogP contribution in [0.2, 0.25) is 0 Å². The number of aromatic nitrogens is 2. The number of ether oxygens (including phenoxy) is 3. The molecule has 1 aliphatic carbocycles. The van der Waals surface area contributed by atoms with E-state index in [9.17, 15) is 29.9 Å². The molecule has 5 atom stereocenters. The summed E-state index contributed by atoms with van der Waals surface area (Å²) >= 11 is 0. The van der Waals surface area contributed by atoms with Crippen LogP contribution in [0.5, 0.6) is 11.6 Å². The molecule has 2 aliphatic rings. The van der Waals surface area contributed by atoms with Gasteiger partial charge in [-0.05, 0) is 37.8 Å². The standard InChI is InChI=1S/C22H29FN2O8/c1-11-15(8-12-6-7-14(31-2)9-16(12)23)21(24-25(11)13-4-3-5-13)33-22(30)20(29)19(28)18(27)17(10-26)32-22/h6-7,9,13,17-20,26-30H,3-5,8,10H2,1-2H3/t17-,18-,19+,20-,22-/m1/s1. The highest BCUT2D eigenvalue weighted by atomic mass is 19.1. The number of aliphatic hydroxyl groups is 5. The smallest absolute Gasteiger partial charge is 0.356 e. The third kappa shape index (κ3) is 4.32. The minimum atomic E-state index is -2.80.